The number of imidazole rings is 1. The van der Waals surface area contributed by atoms with E-state index in [4.69, 9.17) is 14.6 Å². The van der Waals surface area contributed by atoms with Crippen molar-refractivity contribution in [3.8, 4) is 5.75 Å². The number of benzene rings is 1. The van der Waals surface area contributed by atoms with Crippen LogP contribution in [0.3, 0.4) is 0 Å². The summed E-state index contributed by atoms with van der Waals surface area (Å²) in [5, 5.41) is 9.13. The number of hydrogen-bond donors (Lipinski definition) is 2. The van der Waals surface area contributed by atoms with Gasteiger partial charge in [-0.2, -0.15) is 0 Å². The summed E-state index contributed by atoms with van der Waals surface area (Å²) < 4.78 is 11.3. The van der Waals surface area contributed by atoms with Crippen LogP contribution in [0.1, 0.15) is 34.7 Å². The molecule has 2 N–H and O–H groups in total. The molecular weight excluding hydrogens is 384 g/mol. The SMILES string of the molecule is C=COCc1cc(OC2CCN(Cc3nc4ccc(C(=O)O)cc4[nH]3)CC2)ccn1. The van der Waals surface area contributed by atoms with Gasteiger partial charge in [0.05, 0.1) is 35.1 Å². The number of nitrogens with one attached hydrogen (secondary N) is 1. The maximum atomic E-state index is 11.1. The Labute approximate surface area is 174 Å². The number of fused-ring (bicyclic) bond motifs is 1. The minimum Gasteiger partial charge on any atom is -0.496 e. The third kappa shape index (κ3) is 4.77. The zero-order valence-electron chi connectivity index (χ0n) is 16.6. The number of carboxylic acid groups (broad SMARTS) is 1. The van der Waals surface area contributed by atoms with Crippen molar-refractivity contribution in [1.29, 1.82) is 0 Å². The van der Waals surface area contributed by atoms with Gasteiger partial charge >= 0.3 is 5.97 Å². The van der Waals surface area contributed by atoms with Gasteiger partial charge in [0.1, 0.15) is 24.3 Å². The molecule has 2 aromatic heterocycles. The fourth-order valence-corrected chi connectivity index (χ4v) is 3.61. The van der Waals surface area contributed by atoms with Crippen molar-refractivity contribution in [1.82, 2.24) is 19.9 Å². The molecule has 0 aliphatic carbocycles. The Morgan fingerprint density at radius 1 is 1.30 bits per heavy atom. The predicted molar refractivity (Wildman–Crippen MR) is 111 cm³/mol. The lowest BCUT2D eigenvalue weighted by molar-refractivity contribution is 0.0697. The molecule has 0 unspecified atom stereocenters. The highest BCUT2D eigenvalue weighted by Gasteiger charge is 2.21. The molecule has 1 aliphatic rings. The van der Waals surface area contributed by atoms with E-state index >= 15 is 0 Å². The number of aromatic nitrogens is 3. The highest BCUT2D eigenvalue weighted by atomic mass is 16.5. The van der Waals surface area contributed by atoms with Crippen LogP contribution in [0, 0.1) is 0 Å². The maximum absolute atomic E-state index is 11.1. The van der Waals surface area contributed by atoms with E-state index in [0.29, 0.717) is 13.2 Å². The molecule has 3 heterocycles. The summed E-state index contributed by atoms with van der Waals surface area (Å²) in [6.07, 6.45) is 5.13. The van der Waals surface area contributed by atoms with Crippen LogP contribution in [0.4, 0.5) is 0 Å². The molecule has 1 saturated heterocycles. The number of rotatable bonds is 8. The number of H-pyrrole nitrogens is 1. The monoisotopic (exact) mass is 408 g/mol. The van der Waals surface area contributed by atoms with Crippen molar-refractivity contribution in [2.75, 3.05) is 13.1 Å². The van der Waals surface area contributed by atoms with Gasteiger partial charge in [-0.25, -0.2) is 9.78 Å². The van der Waals surface area contributed by atoms with Crippen molar-refractivity contribution in [2.45, 2.75) is 32.1 Å². The summed E-state index contributed by atoms with van der Waals surface area (Å²) >= 11 is 0. The molecule has 30 heavy (non-hydrogen) atoms. The van der Waals surface area contributed by atoms with E-state index in [-0.39, 0.29) is 11.7 Å². The Morgan fingerprint density at radius 3 is 2.90 bits per heavy atom. The van der Waals surface area contributed by atoms with E-state index in [1.54, 1.807) is 24.4 Å². The molecule has 8 heteroatoms. The van der Waals surface area contributed by atoms with Crippen LogP contribution in [0.15, 0.2) is 49.4 Å². The van der Waals surface area contributed by atoms with E-state index in [1.807, 2.05) is 12.1 Å². The van der Waals surface area contributed by atoms with Gasteiger partial charge in [-0.1, -0.05) is 6.58 Å². The number of ether oxygens (including phenoxy) is 2. The minimum absolute atomic E-state index is 0.158. The Hall–Kier alpha value is -3.39. The third-order valence-electron chi connectivity index (χ3n) is 5.13. The van der Waals surface area contributed by atoms with Gasteiger partial charge < -0.3 is 19.6 Å². The molecule has 3 aromatic rings. The zero-order valence-corrected chi connectivity index (χ0v) is 16.6. The average molecular weight is 408 g/mol. The number of piperidine rings is 1. The third-order valence-corrected chi connectivity index (χ3v) is 5.13. The lowest BCUT2D eigenvalue weighted by atomic mass is 10.1. The minimum atomic E-state index is -0.940. The Kier molecular flexibility index (Phi) is 5.94. The number of carbonyl (C=O) groups is 1. The van der Waals surface area contributed by atoms with Crippen molar-refractivity contribution in [3.63, 3.8) is 0 Å². The van der Waals surface area contributed by atoms with Gasteiger partial charge in [0.25, 0.3) is 0 Å². The maximum Gasteiger partial charge on any atom is 0.335 e. The van der Waals surface area contributed by atoms with Crippen LogP contribution in [-0.2, 0) is 17.9 Å². The molecule has 1 aliphatic heterocycles. The predicted octanol–water partition coefficient (Wildman–Crippen LogP) is 3.36. The second-order valence-electron chi connectivity index (χ2n) is 7.27. The largest absolute Gasteiger partial charge is 0.496 e. The first-order valence-corrected chi connectivity index (χ1v) is 9.89. The topological polar surface area (TPSA) is 101 Å². The molecular formula is C22H24N4O4. The molecule has 0 atom stereocenters. The van der Waals surface area contributed by atoms with Gasteiger partial charge in [0, 0.05) is 25.4 Å². The summed E-state index contributed by atoms with van der Waals surface area (Å²) in [7, 11) is 0. The second kappa shape index (κ2) is 8.96. The number of pyridine rings is 1. The zero-order chi connectivity index (χ0) is 20.9. The van der Waals surface area contributed by atoms with Crippen molar-refractivity contribution >= 4 is 17.0 Å². The lowest BCUT2D eigenvalue weighted by Gasteiger charge is -2.31. The molecule has 0 spiro atoms. The molecule has 156 valence electrons. The van der Waals surface area contributed by atoms with Crippen LogP contribution in [0.2, 0.25) is 0 Å². The van der Waals surface area contributed by atoms with Gasteiger partial charge in [0.2, 0.25) is 0 Å². The fourth-order valence-electron chi connectivity index (χ4n) is 3.61. The molecule has 0 radical (unpaired) electrons. The molecule has 8 nitrogen and oxygen atoms in total. The van der Waals surface area contributed by atoms with E-state index < -0.39 is 5.97 Å². The molecule has 1 fully saturated rings. The van der Waals surface area contributed by atoms with Crippen LogP contribution < -0.4 is 4.74 Å². The fraction of sp³-hybridized carbons (Fsp3) is 0.318. The van der Waals surface area contributed by atoms with Crippen LogP contribution in [0.5, 0.6) is 5.75 Å². The summed E-state index contributed by atoms with van der Waals surface area (Å²) in [6, 6.07) is 8.70. The molecule has 1 aromatic carbocycles. The van der Waals surface area contributed by atoms with Crippen molar-refractivity contribution < 1.29 is 19.4 Å². The van der Waals surface area contributed by atoms with E-state index in [1.165, 1.54) is 6.26 Å². The molecule has 0 saturated carbocycles. The van der Waals surface area contributed by atoms with Gasteiger partial charge in [0.15, 0.2) is 0 Å². The van der Waals surface area contributed by atoms with Gasteiger partial charge in [-0.05, 0) is 37.1 Å². The summed E-state index contributed by atoms with van der Waals surface area (Å²) in [6.45, 7) is 6.42. The van der Waals surface area contributed by atoms with Gasteiger partial charge in [-0.3, -0.25) is 9.88 Å². The van der Waals surface area contributed by atoms with Crippen LogP contribution in [-0.4, -0.2) is 50.1 Å². The summed E-state index contributed by atoms with van der Waals surface area (Å²) in [5.41, 5.74) is 2.59. The number of hydrogen-bond acceptors (Lipinski definition) is 6. The normalized spacial score (nSPS) is 15.2. The summed E-state index contributed by atoms with van der Waals surface area (Å²) in [4.78, 5) is 25.5. The number of likely N-dealkylation sites (tertiary alicyclic amines) is 1. The van der Waals surface area contributed by atoms with E-state index in [0.717, 1.165) is 54.2 Å². The molecule has 0 amide bonds. The molecule has 4 rings (SSSR count). The number of nitrogens with zero attached hydrogens (tertiary/aromatic N) is 3. The van der Waals surface area contributed by atoms with Crippen LogP contribution >= 0.6 is 0 Å². The highest BCUT2D eigenvalue weighted by Crippen LogP contribution is 2.21. The van der Waals surface area contributed by atoms with Crippen molar-refractivity contribution in [2.24, 2.45) is 0 Å². The van der Waals surface area contributed by atoms with Crippen LogP contribution in [0.25, 0.3) is 11.0 Å². The Morgan fingerprint density at radius 2 is 2.13 bits per heavy atom. The molecule has 0 bridgehead atoms. The summed E-state index contributed by atoms with van der Waals surface area (Å²) in [5.74, 6) is 0.704. The van der Waals surface area contributed by atoms with Crippen molar-refractivity contribution in [3.05, 3.63) is 66.5 Å². The first-order chi connectivity index (χ1) is 14.6. The first kappa shape index (κ1) is 19.9. The second-order valence-corrected chi connectivity index (χ2v) is 7.27. The average Bonchev–Trinajstić information content (AvgIpc) is 3.15. The van der Waals surface area contributed by atoms with E-state index in [9.17, 15) is 4.79 Å². The van der Waals surface area contributed by atoms with Gasteiger partial charge in [-0.15, -0.1) is 0 Å². The number of aromatic amines is 1. The standard InChI is InChI=1S/C22H24N4O4/c1-2-29-14-16-12-18(5-8-23-16)30-17-6-9-26(10-7-17)13-21-24-19-4-3-15(22(27)28)11-20(19)25-21/h2-5,8,11-12,17H,1,6-7,9-10,13-14H2,(H,24,25)(H,27,28). The highest BCUT2D eigenvalue weighted by molar-refractivity contribution is 5.92. The quantitative estimate of drug-likeness (QED) is 0.551. The number of carboxylic acids is 1. The first-order valence-electron chi connectivity index (χ1n) is 9.89. The Balaban J connectivity index is 1.31. The lowest BCUT2D eigenvalue weighted by Crippen LogP contribution is -2.38. The number of aromatic carboxylic acids is 1. The smallest absolute Gasteiger partial charge is 0.335 e. The Bertz CT molecular complexity index is 1040. The van der Waals surface area contributed by atoms with E-state index in [2.05, 4.69) is 26.4 Å².